The van der Waals surface area contributed by atoms with Gasteiger partial charge in [0.15, 0.2) is 5.03 Å². The Balaban J connectivity index is 1.88. The first-order chi connectivity index (χ1) is 11.5. The van der Waals surface area contributed by atoms with Crippen LogP contribution >= 0.6 is 11.8 Å². The summed E-state index contributed by atoms with van der Waals surface area (Å²) in [5.41, 5.74) is 3.14. The van der Waals surface area contributed by atoms with Gasteiger partial charge < -0.3 is 0 Å². The molecular formula is C19H17FN2OS. The summed E-state index contributed by atoms with van der Waals surface area (Å²) in [5, 5.41) is 0.403. The van der Waals surface area contributed by atoms with Crippen molar-refractivity contribution in [3.05, 3.63) is 87.7 Å². The number of halogens is 1. The van der Waals surface area contributed by atoms with Gasteiger partial charge in [0.05, 0.1) is 5.69 Å². The molecule has 3 aromatic rings. The molecule has 0 unspecified atom stereocenters. The molecule has 0 aliphatic heterocycles. The van der Waals surface area contributed by atoms with Gasteiger partial charge in [-0.15, -0.1) is 0 Å². The molecular weight excluding hydrogens is 323 g/mol. The molecule has 1 aromatic heterocycles. The molecule has 0 radical (unpaired) electrons. The van der Waals surface area contributed by atoms with E-state index in [-0.39, 0.29) is 11.4 Å². The lowest BCUT2D eigenvalue weighted by Gasteiger charge is -2.08. The maximum absolute atomic E-state index is 13.8. The van der Waals surface area contributed by atoms with E-state index < -0.39 is 0 Å². The van der Waals surface area contributed by atoms with E-state index in [0.717, 1.165) is 5.56 Å². The molecule has 0 amide bonds. The minimum Gasteiger partial charge on any atom is -0.280 e. The third-order valence-electron chi connectivity index (χ3n) is 3.70. The van der Waals surface area contributed by atoms with Crippen LogP contribution in [0.15, 0.2) is 64.7 Å². The molecule has 3 nitrogen and oxygen atoms in total. The molecule has 122 valence electrons. The van der Waals surface area contributed by atoms with E-state index in [1.165, 1.54) is 28.0 Å². The summed E-state index contributed by atoms with van der Waals surface area (Å²) < 4.78 is 15.2. The average molecular weight is 340 g/mol. The third kappa shape index (κ3) is 3.57. The maximum atomic E-state index is 13.8. The zero-order chi connectivity index (χ0) is 17.1. The first-order valence-corrected chi connectivity index (χ1v) is 8.56. The molecule has 0 aliphatic carbocycles. The second-order valence-corrected chi connectivity index (χ2v) is 6.58. The first-order valence-electron chi connectivity index (χ1n) is 7.57. The highest BCUT2D eigenvalue weighted by molar-refractivity contribution is 7.98. The Kier molecular flexibility index (Phi) is 4.81. The maximum Gasteiger partial charge on any atom is 0.287 e. The van der Waals surface area contributed by atoms with E-state index in [9.17, 15) is 9.18 Å². The van der Waals surface area contributed by atoms with Crippen LogP contribution in [0.5, 0.6) is 0 Å². The highest BCUT2D eigenvalue weighted by Crippen LogP contribution is 2.19. The Hall–Kier alpha value is -2.40. The summed E-state index contributed by atoms with van der Waals surface area (Å²) in [4.78, 5) is 16.8. The van der Waals surface area contributed by atoms with Crippen molar-refractivity contribution < 1.29 is 4.39 Å². The molecule has 0 spiro atoms. The average Bonchev–Trinajstić information content (AvgIpc) is 2.57. The second kappa shape index (κ2) is 7.01. The Morgan fingerprint density at radius 2 is 2.00 bits per heavy atom. The van der Waals surface area contributed by atoms with Gasteiger partial charge in [-0.05, 0) is 37.1 Å². The summed E-state index contributed by atoms with van der Waals surface area (Å²) in [7, 11) is 0. The van der Waals surface area contributed by atoms with Crippen LogP contribution in [0.2, 0.25) is 0 Å². The van der Waals surface area contributed by atoms with Crippen molar-refractivity contribution in [3.63, 3.8) is 0 Å². The van der Waals surface area contributed by atoms with Gasteiger partial charge in [-0.2, -0.15) is 0 Å². The fourth-order valence-corrected chi connectivity index (χ4v) is 3.22. The Labute approximate surface area is 144 Å². The molecule has 24 heavy (non-hydrogen) atoms. The van der Waals surface area contributed by atoms with Gasteiger partial charge in [-0.3, -0.25) is 9.36 Å². The fourth-order valence-electron chi connectivity index (χ4n) is 2.38. The Morgan fingerprint density at radius 1 is 1.17 bits per heavy atom. The minimum absolute atomic E-state index is 0.238. The van der Waals surface area contributed by atoms with E-state index in [0.29, 0.717) is 22.0 Å². The molecule has 0 atom stereocenters. The monoisotopic (exact) mass is 340 g/mol. The summed E-state index contributed by atoms with van der Waals surface area (Å²) in [6, 6.07) is 12.9. The summed E-state index contributed by atoms with van der Waals surface area (Å²) in [6.45, 7) is 3.73. The topological polar surface area (TPSA) is 34.9 Å². The standard InChI is InChI=1S/C19H17FN2OS/c1-13-4-3-5-15(10-13)12-24-18-19(23)22(9-8-21-18)16-7-6-14(2)17(20)11-16/h3-11H,12H2,1-2H3. The lowest BCUT2D eigenvalue weighted by molar-refractivity contribution is 0.616. The molecule has 0 saturated heterocycles. The van der Waals surface area contributed by atoms with Crippen molar-refractivity contribution in [2.24, 2.45) is 0 Å². The van der Waals surface area contributed by atoms with E-state index in [4.69, 9.17) is 0 Å². The number of rotatable bonds is 4. The van der Waals surface area contributed by atoms with E-state index in [1.807, 2.05) is 25.1 Å². The van der Waals surface area contributed by atoms with Crippen LogP contribution in [0, 0.1) is 19.7 Å². The van der Waals surface area contributed by atoms with Crippen LogP contribution in [0.25, 0.3) is 5.69 Å². The lowest BCUT2D eigenvalue weighted by Crippen LogP contribution is -2.20. The first kappa shape index (κ1) is 16.5. The summed E-state index contributed by atoms with van der Waals surface area (Å²) >= 11 is 1.39. The van der Waals surface area contributed by atoms with E-state index >= 15 is 0 Å². The fraction of sp³-hybridized carbons (Fsp3) is 0.158. The molecule has 1 heterocycles. The van der Waals surface area contributed by atoms with Gasteiger partial charge in [0.25, 0.3) is 5.56 Å². The number of aryl methyl sites for hydroxylation is 2. The number of benzene rings is 2. The van der Waals surface area contributed by atoms with Crippen LogP contribution in [-0.4, -0.2) is 9.55 Å². The van der Waals surface area contributed by atoms with Crippen LogP contribution < -0.4 is 5.56 Å². The number of hydrogen-bond donors (Lipinski definition) is 0. The zero-order valence-electron chi connectivity index (χ0n) is 13.5. The number of thioether (sulfide) groups is 1. The molecule has 3 rings (SSSR count). The number of nitrogens with zero attached hydrogens (tertiary/aromatic N) is 2. The molecule has 2 aromatic carbocycles. The van der Waals surface area contributed by atoms with Crippen LogP contribution in [-0.2, 0) is 5.75 Å². The van der Waals surface area contributed by atoms with Gasteiger partial charge in [0.2, 0.25) is 0 Å². The van der Waals surface area contributed by atoms with Crippen molar-refractivity contribution in [2.45, 2.75) is 24.6 Å². The molecule has 0 saturated carbocycles. The van der Waals surface area contributed by atoms with Crippen molar-refractivity contribution in [3.8, 4) is 5.69 Å². The highest BCUT2D eigenvalue weighted by Gasteiger charge is 2.09. The van der Waals surface area contributed by atoms with Gasteiger partial charge in [0.1, 0.15) is 5.82 Å². The van der Waals surface area contributed by atoms with Gasteiger partial charge in [-0.1, -0.05) is 47.7 Å². The molecule has 0 fully saturated rings. The zero-order valence-corrected chi connectivity index (χ0v) is 14.3. The van der Waals surface area contributed by atoms with Crippen molar-refractivity contribution in [1.82, 2.24) is 9.55 Å². The largest absolute Gasteiger partial charge is 0.287 e. The van der Waals surface area contributed by atoms with Crippen molar-refractivity contribution >= 4 is 11.8 Å². The van der Waals surface area contributed by atoms with Crippen LogP contribution in [0.1, 0.15) is 16.7 Å². The lowest BCUT2D eigenvalue weighted by atomic mass is 10.2. The summed E-state index contributed by atoms with van der Waals surface area (Å²) in [6.07, 6.45) is 3.13. The number of hydrogen-bond acceptors (Lipinski definition) is 3. The smallest absolute Gasteiger partial charge is 0.280 e. The van der Waals surface area contributed by atoms with Crippen LogP contribution in [0.3, 0.4) is 0 Å². The van der Waals surface area contributed by atoms with E-state index in [2.05, 4.69) is 11.1 Å². The van der Waals surface area contributed by atoms with Crippen LogP contribution in [0.4, 0.5) is 4.39 Å². The molecule has 5 heteroatoms. The van der Waals surface area contributed by atoms with Crippen molar-refractivity contribution in [1.29, 1.82) is 0 Å². The second-order valence-electron chi connectivity index (χ2n) is 5.62. The third-order valence-corrected chi connectivity index (χ3v) is 4.73. The molecule has 0 bridgehead atoms. The van der Waals surface area contributed by atoms with Gasteiger partial charge in [0, 0.05) is 18.1 Å². The highest BCUT2D eigenvalue weighted by atomic mass is 32.2. The van der Waals surface area contributed by atoms with Gasteiger partial charge >= 0.3 is 0 Å². The SMILES string of the molecule is Cc1cccc(CSc2nccn(-c3ccc(C)c(F)c3)c2=O)c1. The molecule has 0 aliphatic rings. The minimum atomic E-state index is -0.329. The van der Waals surface area contributed by atoms with Gasteiger partial charge in [-0.25, -0.2) is 9.37 Å². The summed E-state index contributed by atoms with van der Waals surface area (Å²) in [5.74, 6) is 0.334. The van der Waals surface area contributed by atoms with E-state index in [1.54, 1.807) is 31.5 Å². The van der Waals surface area contributed by atoms with Crippen molar-refractivity contribution in [2.75, 3.05) is 0 Å². The normalized spacial score (nSPS) is 10.8. The Bertz CT molecular complexity index is 937. The predicted molar refractivity (Wildman–Crippen MR) is 95.3 cm³/mol. The Morgan fingerprint density at radius 3 is 2.75 bits per heavy atom. The number of aromatic nitrogens is 2. The molecule has 0 N–H and O–H groups in total. The quantitative estimate of drug-likeness (QED) is 0.665. The predicted octanol–water partition coefficient (Wildman–Crippen LogP) is 4.28.